The SMILES string of the molecule is O=C(O)c1cncnc1CNCCC(=O)N1CCCCC1. The number of carboxylic acids is 1. The number of carbonyl (C=O) groups is 2. The number of aromatic carboxylic acids is 1. The Morgan fingerprint density at radius 1 is 1.29 bits per heavy atom. The number of aromatic nitrogens is 2. The average Bonchev–Trinajstić information content (AvgIpc) is 2.52. The second-order valence-corrected chi connectivity index (χ2v) is 5.06. The molecule has 1 fully saturated rings. The van der Waals surface area contributed by atoms with Gasteiger partial charge in [-0.3, -0.25) is 4.79 Å². The molecule has 114 valence electrons. The molecule has 0 saturated carbocycles. The van der Waals surface area contributed by atoms with Crippen molar-refractivity contribution in [3.8, 4) is 0 Å². The minimum Gasteiger partial charge on any atom is -0.478 e. The van der Waals surface area contributed by atoms with E-state index in [1.807, 2.05) is 4.90 Å². The summed E-state index contributed by atoms with van der Waals surface area (Å²) in [7, 11) is 0. The molecular weight excluding hydrogens is 272 g/mol. The Morgan fingerprint density at radius 3 is 2.76 bits per heavy atom. The standard InChI is InChI=1S/C14H20N4O3/c19-13(18-6-2-1-3-7-18)4-5-15-9-12-11(14(20)21)8-16-10-17-12/h8,10,15H,1-7,9H2,(H,20,21). The van der Waals surface area contributed by atoms with Crippen LogP contribution in [0, 0.1) is 0 Å². The highest BCUT2D eigenvalue weighted by atomic mass is 16.4. The largest absolute Gasteiger partial charge is 0.478 e. The van der Waals surface area contributed by atoms with E-state index in [1.165, 1.54) is 18.9 Å². The number of hydrogen-bond donors (Lipinski definition) is 2. The fourth-order valence-corrected chi connectivity index (χ4v) is 2.38. The van der Waals surface area contributed by atoms with Crippen LogP contribution in [0.15, 0.2) is 12.5 Å². The first-order valence-electron chi connectivity index (χ1n) is 7.19. The van der Waals surface area contributed by atoms with Crippen molar-refractivity contribution >= 4 is 11.9 Å². The van der Waals surface area contributed by atoms with Gasteiger partial charge in [0.2, 0.25) is 5.91 Å². The van der Waals surface area contributed by atoms with Gasteiger partial charge >= 0.3 is 5.97 Å². The van der Waals surface area contributed by atoms with Crippen LogP contribution in [0.2, 0.25) is 0 Å². The number of carboxylic acid groups (broad SMARTS) is 1. The zero-order chi connectivity index (χ0) is 15.1. The van der Waals surface area contributed by atoms with E-state index in [1.54, 1.807) is 0 Å². The molecule has 1 amide bonds. The molecule has 21 heavy (non-hydrogen) atoms. The number of likely N-dealkylation sites (tertiary alicyclic amines) is 1. The van der Waals surface area contributed by atoms with Crippen LogP contribution in [0.4, 0.5) is 0 Å². The van der Waals surface area contributed by atoms with Crippen LogP contribution in [0.3, 0.4) is 0 Å². The normalized spacial score (nSPS) is 15.0. The van der Waals surface area contributed by atoms with Crippen LogP contribution < -0.4 is 5.32 Å². The van der Waals surface area contributed by atoms with Gasteiger partial charge in [-0.15, -0.1) is 0 Å². The predicted molar refractivity (Wildman–Crippen MR) is 75.7 cm³/mol. The number of hydrogen-bond acceptors (Lipinski definition) is 5. The van der Waals surface area contributed by atoms with Gasteiger partial charge in [0.15, 0.2) is 0 Å². The Labute approximate surface area is 123 Å². The predicted octanol–water partition coefficient (Wildman–Crippen LogP) is 0.667. The zero-order valence-electron chi connectivity index (χ0n) is 11.9. The van der Waals surface area contributed by atoms with Crippen LogP contribution in [0.25, 0.3) is 0 Å². The van der Waals surface area contributed by atoms with E-state index in [4.69, 9.17) is 5.11 Å². The van der Waals surface area contributed by atoms with E-state index in [0.717, 1.165) is 25.9 Å². The highest BCUT2D eigenvalue weighted by molar-refractivity contribution is 5.88. The number of nitrogens with zero attached hydrogens (tertiary/aromatic N) is 3. The van der Waals surface area contributed by atoms with Gasteiger partial charge in [0.05, 0.1) is 5.69 Å². The Morgan fingerprint density at radius 2 is 2.05 bits per heavy atom. The molecule has 1 aliphatic heterocycles. The van der Waals surface area contributed by atoms with Crippen LogP contribution in [-0.2, 0) is 11.3 Å². The highest BCUT2D eigenvalue weighted by Crippen LogP contribution is 2.09. The summed E-state index contributed by atoms with van der Waals surface area (Å²) >= 11 is 0. The number of carbonyl (C=O) groups excluding carboxylic acids is 1. The lowest BCUT2D eigenvalue weighted by Crippen LogP contribution is -2.37. The maximum Gasteiger partial charge on any atom is 0.339 e. The molecule has 7 nitrogen and oxygen atoms in total. The van der Waals surface area contributed by atoms with E-state index >= 15 is 0 Å². The Kier molecular flexibility index (Phi) is 5.62. The lowest BCUT2D eigenvalue weighted by molar-refractivity contribution is -0.131. The fourth-order valence-electron chi connectivity index (χ4n) is 2.38. The Hall–Kier alpha value is -2.02. The Balaban J connectivity index is 1.74. The molecule has 0 aliphatic carbocycles. The molecule has 0 spiro atoms. The van der Waals surface area contributed by atoms with E-state index in [2.05, 4.69) is 15.3 Å². The van der Waals surface area contributed by atoms with Crippen LogP contribution in [-0.4, -0.2) is 51.5 Å². The number of piperidine rings is 1. The van der Waals surface area contributed by atoms with Crippen molar-refractivity contribution < 1.29 is 14.7 Å². The lowest BCUT2D eigenvalue weighted by Gasteiger charge is -2.26. The minimum absolute atomic E-state index is 0.0901. The van der Waals surface area contributed by atoms with Crippen molar-refractivity contribution in [2.24, 2.45) is 0 Å². The molecule has 1 aliphatic rings. The Bertz CT molecular complexity index is 501. The fraction of sp³-hybridized carbons (Fsp3) is 0.571. The first kappa shape index (κ1) is 15.4. The molecule has 7 heteroatoms. The van der Waals surface area contributed by atoms with Crippen molar-refractivity contribution in [3.05, 3.63) is 23.8 Å². The zero-order valence-corrected chi connectivity index (χ0v) is 11.9. The van der Waals surface area contributed by atoms with E-state index < -0.39 is 5.97 Å². The van der Waals surface area contributed by atoms with Crippen molar-refractivity contribution in [1.29, 1.82) is 0 Å². The number of nitrogens with one attached hydrogen (secondary N) is 1. The molecule has 2 N–H and O–H groups in total. The van der Waals surface area contributed by atoms with Gasteiger partial charge in [-0.1, -0.05) is 0 Å². The van der Waals surface area contributed by atoms with E-state index in [9.17, 15) is 9.59 Å². The monoisotopic (exact) mass is 292 g/mol. The van der Waals surface area contributed by atoms with Gasteiger partial charge in [0, 0.05) is 38.8 Å². The first-order chi connectivity index (χ1) is 10.2. The summed E-state index contributed by atoms with van der Waals surface area (Å²) < 4.78 is 0. The first-order valence-corrected chi connectivity index (χ1v) is 7.19. The van der Waals surface area contributed by atoms with Gasteiger partial charge in [0.25, 0.3) is 0 Å². The summed E-state index contributed by atoms with van der Waals surface area (Å²) in [5.41, 5.74) is 0.523. The van der Waals surface area contributed by atoms with Crippen LogP contribution in [0.1, 0.15) is 41.7 Å². The quantitative estimate of drug-likeness (QED) is 0.748. The van der Waals surface area contributed by atoms with Crippen molar-refractivity contribution in [3.63, 3.8) is 0 Å². The van der Waals surface area contributed by atoms with E-state index in [-0.39, 0.29) is 11.5 Å². The maximum absolute atomic E-state index is 12.0. The molecule has 0 atom stereocenters. The van der Waals surface area contributed by atoms with Gasteiger partial charge in [-0.25, -0.2) is 14.8 Å². The summed E-state index contributed by atoms with van der Waals surface area (Å²) in [4.78, 5) is 32.5. The summed E-state index contributed by atoms with van der Waals surface area (Å²) in [5.74, 6) is -0.889. The van der Waals surface area contributed by atoms with Crippen molar-refractivity contribution in [2.45, 2.75) is 32.2 Å². The molecule has 1 saturated heterocycles. The van der Waals surface area contributed by atoms with Crippen molar-refractivity contribution in [1.82, 2.24) is 20.2 Å². The third-order valence-corrected chi connectivity index (χ3v) is 3.54. The molecule has 2 rings (SSSR count). The second kappa shape index (κ2) is 7.68. The van der Waals surface area contributed by atoms with Gasteiger partial charge < -0.3 is 15.3 Å². The molecule has 2 heterocycles. The molecule has 0 radical (unpaired) electrons. The third-order valence-electron chi connectivity index (χ3n) is 3.54. The molecule has 1 aromatic rings. The topological polar surface area (TPSA) is 95.4 Å². The van der Waals surface area contributed by atoms with Crippen LogP contribution >= 0.6 is 0 Å². The number of amides is 1. The highest BCUT2D eigenvalue weighted by Gasteiger charge is 2.16. The van der Waals surface area contributed by atoms with Gasteiger partial charge in [-0.05, 0) is 19.3 Å². The summed E-state index contributed by atoms with van der Waals surface area (Å²) in [6.45, 7) is 2.54. The smallest absolute Gasteiger partial charge is 0.339 e. The summed E-state index contributed by atoms with van der Waals surface area (Å²) in [6, 6.07) is 0. The van der Waals surface area contributed by atoms with Gasteiger partial charge in [-0.2, -0.15) is 0 Å². The summed E-state index contributed by atoms with van der Waals surface area (Å²) in [5, 5.41) is 12.1. The minimum atomic E-state index is -1.04. The molecule has 0 aromatic carbocycles. The average molecular weight is 292 g/mol. The summed E-state index contributed by atoms with van der Waals surface area (Å²) in [6.07, 6.45) is 6.40. The third kappa shape index (κ3) is 4.49. The van der Waals surface area contributed by atoms with Crippen LogP contribution in [0.5, 0.6) is 0 Å². The lowest BCUT2D eigenvalue weighted by atomic mass is 10.1. The number of rotatable bonds is 6. The van der Waals surface area contributed by atoms with Gasteiger partial charge in [0.1, 0.15) is 11.9 Å². The van der Waals surface area contributed by atoms with E-state index in [0.29, 0.717) is 25.2 Å². The second-order valence-electron chi connectivity index (χ2n) is 5.06. The molecule has 0 unspecified atom stereocenters. The maximum atomic E-state index is 12.0. The molecule has 1 aromatic heterocycles. The molecule has 0 bridgehead atoms. The van der Waals surface area contributed by atoms with Crippen molar-refractivity contribution in [2.75, 3.05) is 19.6 Å². The molecular formula is C14H20N4O3.